The third-order valence-corrected chi connectivity index (χ3v) is 9.93. The van der Waals surface area contributed by atoms with Crippen LogP contribution in [-0.2, 0) is 16.3 Å². The van der Waals surface area contributed by atoms with Gasteiger partial charge in [-0.2, -0.15) is 5.10 Å². The average molecular weight is 518 g/mol. The van der Waals surface area contributed by atoms with Crippen LogP contribution in [0.4, 0.5) is 14.6 Å². The largest absolute Gasteiger partial charge is 0.394 e. The van der Waals surface area contributed by atoms with Crippen molar-refractivity contribution in [2.24, 2.45) is 17.6 Å². The number of carbonyl (C=O) groups excluding carboxylic acids is 1. The number of rotatable bonds is 10. The number of hydrogen-bond acceptors (Lipinski definition) is 5. The van der Waals surface area contributed by atoms with Crippen molar-refractivity contribution in [3.05, 3.63) is 40.5 Å². The molecule has 1 amide bonds. The summed E-state index contributed by atoms with van der Waals surface area (Å²) in [5.41, 5.74) is 9.58. The summed E-state index contributed by atoms with van der Waals surface area (Å²) in [7, 11) is -1.49. The van der Waals surface area contributed by atoms with E-state index in [-0.39, 0.29) is 29.5 Å². The highest BCUT2D eigenvalue weighted by Gasteiger charge is 2.39. The number of carbonyl (C=O) groups is 1. The molecule has 0 aromatic carbocycles. The molecule has 0 bridgehead atoms. The number of amides is 1. The van der Waals surface area contributed by atoms with Crippen LogP contribution in [0.3, 0.4) is 0 Å². The van der Waals surface area contributed by atoms with Gasteiger partial charge in [-0.1, -0.05) is 19.6 Å². The molecular weight excluding hydrogens is 480 g/mol. The van der Waals surface area contributed by atoms with E-state index in [0.717, 1.165) is 37.0 Å². The molecule has 0 spiro atoms. The third-order valence-electron chi connectivity index (χ3n) is 7.32. The predicted molar refractivity (Wildman–Crippen MR) is 139 cm³/mol. The molecule has 2 aliphatic carbocycles. The van der Waals surface area contributed by atoms with Gasteiger partial charge in [0.2, 0.25) is 0 Å². The van der Waals surface area contributed by atoms with E-state index in [4.69, 9.17) is 10.5 Å². The maximum absolute atomic E-state index is 14.2. The summed E-state index contributed by atoms with van der Waals surface area (Å²) < 4.78 is 36.1. The quantitative estimate of drug-likeness (QED) is 0.311. The van der Waals surface area contributed by atoms with Gasteiger partial charge in [-0.15, -0.1) is 0 Å². The Labute approximate surface area is 212 Å². The number of aryl methyl sites for hydroxylation is 1. The fourth-order valence-corrected chi connectivity index (χ4v) is 5.02. The van der Waals surface area contributed by atoms with Gasteiger partial charge in [-0.05, 0) is 69.9 Å². The molecule has 2 aromatic heterocycles. The SMILES string of the molecule is Cc1nn(CO[C@H](C)[Si](C)(C)C)c(C)c1-c1cnc(NC(=O)C(N)=C(C2CC2)C2CC2)cc1C(F)F. The molecule has 2 heterocycles. The zero-order chi connectivity index (χ0) is 26.4. The Bertz CT molecular complexity index is 1170. The number of aromatic nitrogens is 3. The first kappa shape index (κ1) is 26.5. The van der Waals surface area contributed by atoms with Gasteiger partial charge in [-0.25, -0.2) is 18.4 Å². The molecule has 0 radical (unpaired) electrons. The minimum atomic E-state index is -2.76. The van der Waals surface area contributed by atoms with Gasteiger partial charge in [0.1, 0.15) is 12.5 Å². The second-order valence-electron chi connectivity index (χ2n) is 11.2. The Kier molecular flexibility index (Phi) is 7.39. The molecule has 2 aromatic rings. The van der Waals surface area contributed by atoms with Crippen molar-refractivity contribution in [2.75, 3.05) is 5.32 Å². The van der Waals surface area contributed by atoms with E-state index in [1.165, 1.54) is 12.3 Å². The molecule has 0 aliphatic heterocycles. The summed E-state index contributed by atoms with van der Waals surface area (Å²) in [6, 6.07) is 1.24. The molecule has 3 N–H and O–H groups in total. The summed E-state index contributed by atoms with van der Waals surface area (Å²) in [4.78, 5) is 17.1. The van der Waals surface area contributed by atoms with Crippen molar-refractivity contribution >= 4 is 19.8 Å². The van der Waals surface area contributed by atoms with E-state index < -0.39 is 20.4 Å². The lowest BCUT2D eigenvalue weighted by Gasteiger charge is -2.25. The smallest absolute Gasteiger partial charge is 0.272 e. The molecule has 2 saturated carbocycles. The fourth-order valence-electron chi connectivity index (χ4n) is 4.45. The normalized spacial score (nSPS) is 16.8. The van der Waals surface area contributed by atoms with Crippen LogP contribution >= 0.6 is 0 Å². The molecule has 1 atom stereocenters. The Balaban J connectivity index is 1.58. The van der Waals surface area contributed by atoms with Crippen LogP contribution in [0.15, 0.2) is 23.5 Å². The Morgan fingerprint density at radius 3 is 2.36 bits per heavy atom. The van der Waals surface area contributed by atoms with E-state index in [9.17, 15) is 13.6 Å². The molecule has 196 valence electrons. The first-order valence-corrected chi connectivity index (χ1v) is 16.2. The molecule has 4 rings (SSSR count). The predicted octanol–water partition coefficient (Wildman–Crippen LogP) is 5.71. The summed E-state index contributed by atoms with van der Waals surface area (Å²) in [5.74, 6) is 0.354. The van der Waals surface area contributed by atoms with Crippen LogP contribution in [0.25, 0.3) is 11.1 Å². The lowest BCUT2D eigenvalue weighted by Crippen LogP contribution is -2.38. The second kappa shape index (κ2) is 10.0. The van der Waals surface area contributed by atoms with E-state index in [1.54, 1.807) is 11.6 Å². The molecule has 0 unspecified atom stereocenters. The molecule has 2 aliphatic rings. The average Bonchev–Trinajstić information content (AvgIpc) is 3.72. The zero-order valence-electron chi connectivity index (χ0n) is 22.0. The number of alkyl halides is 2. The first-order valence-electron chi connectivity index (χ1n) is 12.6. The minimum Gasteiger partial charge on any atom is -0.394 e. The molecule has 0 saturated heterocycles. The molecule has 36 heavy (non-hydrogen) atoms. The number of anilines is 1. The lowest BCUT2D eigenvalue weighted by atomic mass is 10.00. The van der Waals surface area contributed by atoms with Crippen LogP contribution in [0.1, 0.15) is 56.0 Å². The number of ether oxygens (including phenoxy) is 1. The number of hydrogen-bond donors (Lipinski definition) is 2. The van der Waals surface area contributed by atoms with Crippen molar-refractivity contribution in [2.45, 2.75) is 85.0 Å². The summed E-state index contributed by atoms with van der Waals surface area (Å²) in [5, 5.41) is 7.18. The zero-order valence-corrected chi connectivity index (χ0v) is 23.0. The van der Waals surface area contributed by atoms with Gasteiger partial charge in [0.25, 0.3) is 12.3 Å². The topological polar surface area (TPSA) is 95.1 Å². The number of halogens is 2. The summed E-state index contributed by atoms with van der Waals surface area (Å²) in [6.45, 7) is 12.6. The van der Waals surface area contributed by atoms with Crippen molar-refractivity contribution in [1.82, 2.24) is 14.8 Å². The molecule has 10 heteroatoms. The van der Waals surface area contributed by atoms with Crippen LogP contribution in [0, 0.1) is 25.7 Å². The maximum atomic E-state index is 14.2. The van der Waals surface area contributed by atoms with Gasteiger partial charge in [0.15, 0.2) is 0 Å². The van der Waals surface area contributed by atoms with Gasteiger partial charge in [0.05, 0.1) is 19.5 Å². The second-order valence-corrected chi connectivity index (χ2v) is 16.7. The van der Waals surface area contributed by atoms with Crippen LogP contribution < -0.4 is 11.1 Å². The number of pyridine rings is 1. The highest BCUT2D eigenvalue weighted by Crippen LogP contribution is 2.49. The Morgan fingerprint density at radius 2 is 1.83 bits per heavy atom. The van der Waals surface area contributed by atoms with Gasteiger partial charge in [0, 0.05) is 34.3 Å². The van der Waals surface area contributed by atoms with Crippen molar-refractivity contribution in [3.8, 4) is 11.1 Å². The summed E-state index contributed by atoms with van der Waals surface area (Å²) >= 11 is 0. The standard InChI is InChI=1S/C26H37F2N5O2Si/c1-14-22(15(2)33(32-14)13-35-16(3)36(4,5)6)20-12-30-21(11-19(20)25(27)28)31-26(34)24(29)23(17-7-8-17)18-9-10-18/h11-12,16-18,25H,7-10,13,29H2,1-6H3,(H,30,31,34)/t16-/m0/s1. The minimum absolute atomic E-state index is 0.0583. The van der Waals surface area contributed by atoms with E-state index in [1.807, 2.05) is 6.92 Å². The molecular formula is C26H37F2N5O2Si. The monoisotopic (exact) mass is 517 g/mol. The van der Waals surface area contributed by atoms with Crippen LogP contribution in [0.5, 0.6) is 0 Å². The molecule has 2 fully saturated rings. The van der Waals surface area contributed by atoms with E-state index in [0.29, 0.717) is 28.7 Å². The van der Waals surface area contributed by atoms with Crippen molar-refractivity contribution < 1.29 is 18.3 Å². The van der Waals surface area contributed by atoms with Gasteiger partial charge in [-0.3, -0.25) is 4.79 Å². The number of nitrogens with two attached hydrogens (primary N) is 1. The highest BCUT2D eigenvalue weighted by molar-refractivity contribution is 6.77. The summed E-state index contributed by atoms with van der Waals surface area (Å²) in [6.07, 6.45) is 2.83. The first-order chi connectivity index (χ1) is 16.9. The van der Waals surface area contributed by atoms with Gasteiger partial charge < -0.3 is 15.8 Å². The highest BCUT2D eigenvalue weighted by atomic mass is 28.3. The van der Waals surface area contributed by atoms with Crippen LogP contribution in [-0.4, -0.2) is 34.5 Å². The maximum Gasteiger partial charge on any atom is 0.272 e. The van der Waals surface area contributed by atoms with Gasteiger partial charge >= 0.3 is 0 Å². The third kappa shape index (κ3) is 5.69. The fraction of sp³-hybridized carbons (Fsp3) is 0.577. The van der Waals surface area contributed by atoms with Crippen molar-refractivity contribution in [1.29, 1.82) is 0 Å². The van der Waals surface area contributed by atoms with Crippen molar-refractivity contribution in [3.63, 3.8) is 0 Å². The number of allylic oxidation sites excluding steroid dienone is 1. The van der Waals surface area contributed by atoms with Crippen LogP contribution in [0.2, 0.25) is 19.6 Å². The molecule has 7 nitrogen and oxygen atoms in total. The number of nitrogens with zero attached hydrogens (tertiary/aromatic N) is 3. The number of nitrogens with one attached hydrogen (secondary N) is 1. The van der Waals surface area contributed by atoms with E-state index in [2.05, 4.69) is 42.0 Å². The Morgan fingerprint density at radius 1 is 1.22 bits per heavy atom. The van der Waals surface area contributed by atoms with E-state index >= 15 is 0 Å². The Hall–Kier alpha value is -2.59. The lowest BCUT2D eigenvalue weighted by molar-refractivity contribution is -0.113.